The van der Waals surface area contributed by atoms with Crippen molar-refractivity contribution in [1.82, 2.24) is 16.0 Å². The van der Waals surface area contributed by atoms with Crippen molar-refractivity contribution in [3.8, 4) is 5.75 Å². The molecule has 1 aromatic carbocycles. The maximum absolute atomic E-state index is 12.9. The average Bonchev–Trinajstić information content (AvgIpc) is 2.72. The molecule has 0 aromatic heterocycles. The average molecular weight is 451 g/mol. The quantitative estimate of drug-likeness (QED) is 0.108. The van der Waals surface area contributed by atoms with E-state index in [9.17, 15) is 19.7 Å². The van der Waals surface area contributed by atoms with Crippen molar-refractivity contribution >= 4 is 17.6 Å². The van der Waals surface area contributed by atoms with Crippen LogP contribution < -0.4 is 26.4 Å². The lowest BCUT2D eigenvalue weighted by Crippen LogP contribution is -2.50. The number of nitro groups is 1. The summed E-state index contributed by atoms with van der Waals surface area (Å²) in [6.07, 6.45) is 1.48. The SMILES string of the molecule is COc1ccc(CNC(CCCN/C(N)=N/[N+](=O)[O-])C(=O)NC(CC(C)C)C(C)=O)cc1. The number of amides is 1. The number of hydrogen-bond donors (Lipinski definition) is 4. The summed E-state index contributed by atoms with van der Waals surface area (Å²) in [5, 5.41) is 21.1. The Morgan fingerprint density at radius 2 is 1.88 bits per heavy atom. The maximum Gasteiger partial charge on any atom is 0.266 e. The van der Waals surface area contributed by atoms with E-state index in [0.29, 0.717) is 32.4 Å². The maximum atomic E-state index is 12.9. The van der Waals surface area contributed by atoms with E-state index >= 15 is 0 Å². The second kappa shape index (κ2) is 14.0. The molecule has 0 radical (unpaired) electrons. The molecule has 0 aliphatic carbocycles. The summed E-state index contributed by atoms with van der Waals surface area (Å²) in [6, 6.07) is 6.35. The van der Waals surface area contributed by atoms with Crippen molar-refractivity contribution in [1.29, 1.82) is 0 Å². The fourth-order valence-corrected chi connectivity index (χ4v) is 3.03. The fraction of sp³-hybridized carbons (Fsp3) is 0.571. The van der Waals surface area contributed by atoms with E-state index < -0.39 is 17.1 Å². The molecule has 0 aliphatic rings. The van der Waals surface area contributed by atoms with Crippen molar-refractivity contribution in [2.24, 2.45) is 16.8 Å². The highest BCUT2D eigenvalue weighted by molar-refractivity contribution is 5.89. The first-order valence-electron chi connectivity index (χ1n) is 10.5. The lowest BCUT2D eigenvalue weighted by molar-refractivity contribution is -0.485. The topological polar surface area (TPSA) is 161 Å². The third-order valence-electron chi connectivity index (χ3n) is 4.71. The second-order valence-electron chi connectivity index (χ2n) is 7.88. The van der Waals surface area contributed by atoms with Crippen LogP contribution >= 0.6 is 0 Å². The van der Waals surface area contributed by atoms with E-state index in [2.05, 4.69) is 21.1 Å². The predicted molar refractivity (Wildman–Crippen MR) is 122 cm³/mol. The molecule has 0 aliphatic heterocycles. The van der Waals surface area contributed by atoms with Crippen molar-refractivity contribution in [2.45, 2.75) is 58.7 Å². The largest absolute Gasteiger partial charge is 0.497 e. The van der Waals surface area contributed by atoms with Crippen LogP contribution in [-0.2, 0) is 16.1 Å². The van der Waals surface area contributed by atoms with Gasteiger partial charge < -0.3 is 26.4 Å². The van der Waals surface area contributed by atoms with Crippen LogP contribution in [0.2, 0.25) is 0 Å². The molecule has 2 atom stereocenters. The first kappa shape index (κ1) is 26.8. The van der Waals surface area contributed by atoms with Crippen LogP contribution in [0.5, 0.6) is 5.75 Å². The van der Waals surface area contributed by atoms with Gasteiger partial charge in [-0.2, -0.15) is 0 Å². The number of hydrazone groups is 1. The number of ketones is 1. The molecular formula is C21H34N6O5. The molecule has 0 bridgehead atoms. The number of benzene rings is 1. The number of nitrogens with zero attached hydrogens (tertiary/aromatic N) is 2. The van der Waals surface area contributed by atoms with Crippen molar-refractivity contribution in [2.75, 3.05) is 13.7 Å². The van der Waals surface area contributed by atoms with Crippen LogP contribution in [0.3, 0.4) is 0 Å². The van der Waals surface area contributed by atoms with Gasteiger partial charge in [0, 0.05) is 13.1 Å². The van der Waals surface area contributed by atoms with Gasteiger partial charge in [-0.05, 0) is 49.8 Å². The van der Waals surface area contributed by atoms with Gasteiger partial charge in [-0.15, -0.1) is 0 Å². The van der Waals surface area contributed by atoms with Crippen LogP contribution in [0, 0.1) is 16.0 Å². The molecule has 1 aromatic rings. The Morgan fingerprint density at radius 3 is 2.41 bits per heavy atom. The summed E-state index contributed by atoms with van der Waals surface area (Å²) in [5.41, 5.74) is 6.38. The van der Waals surface area contributed by atoms with Gasteiger partial charge in [0.15, 0.2) is 10.8 Å². The van der Waals surface area contributed by atoms with E-state index in [1.807, 2.05) is 38.1 Å². The van der Waals surface area contributed by atoms with Gasteiger partial charge in [-0.3, -0.25) is 9.59 Å². The van der Waals surface area contributed by atoms with Gasteiger partial charge in [0.2, 0.25) is 5.91 Å². The molecule has 0 spiro atoms. The number of guanidine groups is 1. The molecule has 0 saturated heterocycles. The van der Waals surface area contributed by atoms with E-state index in [0.717, 1.165) is 11.3 Å². The van der Waals surface area contributed by atoms with Crippen molar-refractivity contribution in [3.63, 3.8) is 0 Å². The van der Waals surface area contributed by atoms with Gasteiger partial charge in [0.05, 0.1) is 19.2 Å². The molecule has 178 valence electrons. The molecule has 1 amide bonds. The number of hydrogen-bond acceptors (Lipinski definition) is 6. The number of methoxy groups -OCH3 is 1. The molecule has 1 rings (SSSR count). The number of nitrogens with two attached hydrogens (primary N) is 1. The van der Waals surface area contributed by atoms with Crippen LogP contribution in [-0.4, -0.2) is 48.4 Å². The number of ether oxygens (including phenoxy) is 1. The zero-order valence-corrected chi connectivity index (χ0v) is 19.1. The number of nitrogens with one attached hydrogen (secondary N) is 3. The number of Topliss-reactive ketones (excluding diaryl/α,β-unsaturated/α-hetero) is 1. The Hall–Kier alpha value is -3.21. The number of carbonyl (C=O) groups excluding carboxylic acids is 2. The highest BCUT2D eigenvalue weighted by Crippen LogP contribution is 2.12. The van der Waals surface area contributed by atoms with Crippen molar-refractivity contribution in [3.05, 3.63) is 39.9 Å². The van der Waals surface area contributed by atoms with Gasteiger partial charge in [-0.25, -0.2) is 10.1 Å². The summed E-state index contributed by atoms with van der Waals surface area (Å²) >= 11 is 0. The standard InChI is InChI=1S/C21H34N6O5/c1-14(2)12-19(15(3)28)25-20(29)18(6-5-11-23-21(22)26-27(30)31)24-13-16-7-9-17(32-4)10-8-16/h7-10,14,18-19,24H,5-6,11-13H2,1-4H3,(H,25,29)(H3,22,23,26). The zero-order valence-electron chi connectivity index (χ0n) is 19.1. The third kappa shape index (κ3) is 10.7. The molecule has 11 heteroatoms. The minimum Gasteiger partial charge on any atom is -0.497 e. The monoisotopic (exact) mass is 450 g/mol. The molecular weight excluding hydrogens is 416 g/mol. The first-order chi connectivity index (χ1) is 15.1. The molecule has 0 heterocycles. The molecule has 0 fully saturated rings. The molecule has 2 unspecified atom stereocenters. The molecule has 32 heavy (non-hydrogen) atoms. The summed E-state index contributed by atoms with van der Waals surface area (Å²) in [5.74, 6) is 0.331. The Bertz CT molecular complexity index is 781. The third-order valence-corrected chi connectivity index (χ3v) is 4.71. The lowest BCUT2D eigenvalue weighted by atomic mass is 10.00. The molecule has 0 saturated carbocycles. The van der Waals surface area contributed by atoms with Crippen LogP contribution in [0.4, 0.5) is 0 Å². The summed E-state index contributed by atoms with van der Waals surface area (Å²) < 4.78 is 5.15. The number of carbonyl (C=O) groups is 2. The summed E-state index contributed by atoms with van der Waals surface area (Å²) in [7, 11) is 1.59. The highest BCUT2D eigenvalue weighted by Gasteiger charge is 2.24. The van der Waals surface area contributed by atoms with Gasteiger partial charge in [-0.1, -0.05) is 26.0 Å². The second-order valence-corrected chi connectivity index (χ2v) is 7.88. The van der Waals surface area contributed by atoms with Crippen LogP contribution in [0.1, 0.15) is 45.6 Å². The van der Waals surface area contributed by atoms with Crippen LogP contribution in [0.15, 0.2) is 29.4 Å². The Balaban J connectivity index is 2.77. The number of rotatable bonds is 14. The first-order valence-corrected chi connectivity index (χ1v) is 10.5. The van der Waals surface area contributed by atoms with Crippen LogP contribution in [0.25, 0.3) is 0 Å². The Labute approximate surface area is 188 Å². The normalized spacial score (nSPS) is 13.3. The highest BCUT2D eigenvalue weighted by atomic mass is 16.7. The minimum atomic E-state index is -0.883. The van der Waals surface area contributed by atoms with E-state index in [4.69, 9.17) is 10.5 Å². The Kier molecular flexibility index (Phi) is 11.7. The minimum absolute atomic E-state index is 0.0913. The van der Waals surface area contributed by atoms with Gasteiger partial charge >= 0.3 is 0 Å². The predicted octanol–water partition coefficient (Wildman–Crippen LogP) is 1.15. The summed E-state index contributed by atoms with van der Waals surface area (Å²) in [4.78, 5) is 35.2. The lowest BCUT2D eigenvalue weighted by Gasteiger charge is -2.23. The molecule has 11 nitrogen and oxygen atoms in total. The zero-order chi connectivity index (χ0) is 24.1. The van der Waals surface area contributed by atoms with E-state index in [1.54, 1.807) is 7.11 Å². The smallest absolute Gasteiger partial charge is 0.266 e. The van der Waals surface area contributed by atoms with Gasteiger partial charge in [0.1, 0.15) is 10.9 Å². The Morgan fingerprint density at radius 1 is 1.22 bits per heavy atom. The van der Waals surface area contributed by atoms with Gasteiger partial charge in [0.25, 0.3) is 5.96 Å². The summed E-state index contributed by atoms with van der Waals surface area (Å²) in [6.45, 7) is 6.19. The molecule has 5 N–H and O–H groups in total. The van der Waals surface area contributed by atoms with Crippen molar-refractivity contribution < 1.29 is 19.4 Å². The van der Waals surface area contributed by atoms with E-state index in [-0.39, 0.29) is 23.6 Å². The fourth-order valence-electron chi connectivity index (χ4n) is 3.03. The van der Waals surface area contributed by atoms with E-state index in [1.165, 1.54) is 6.92 Å².